The van der Waals surface area contributed by atoms with Gasteiger partial charge in [-0.25, -0.2) is 4.79 Å². The van der Waals surface area contributed by atoms with Gasteiger partial charge in [0.15, 0.2) is 0 Å². The van der Waals surface area contributed by atoms with E-state index in [0.29, 0.717) is 17.7 Å². The van der Waals surface area contributed by atoms with E-state index in [1.54, 1.807) is 11.0 Å². The molecule has 0 saturated heterocycles. The molecule has 6 rings (SSSR count). The molecule has 3 heterocycles. The van der Waals surface area contributed by atoms with Crippen LogP contribution in [0.4, 0.5) is 5.69 Å². The number of aromatic nitrogens is 1. The van der Waals surface area contributed by atoms with Crippen molar-refractivity contribution in [1.82, 2.24) is 4.57 Å². The van der Waals surface area contributed by atoms with E-state index in [2.05, 4.69) is 0 Å². The van der Waals surface area contributed by atoms with Crippen LogP contribution in [0, 0.1) is 0 Å². The zero-order valence-electron chi connectivity index (χ0n) is 15.4. The summed E-state index contributed by atoms with van der Waals surface area (Å²) in [5.74, 6) is -0.741. The lowest BCUT2D eigenvalue weighted by atomic mass is 10.0. The van der Waals surface area contributed by atoms with Crippen molar-refractivity contribution in [2.45, 2.75) is 12.3 Å². The first-order valence-electron chi connectivity index (χ1n) is 9.49. The van der Waals surface area contributed by atoms with Gasteiger partial charge in [0.1, 0.15) is 0 Å². The number of esters is 1. The second kappa shape index (κ2) is 5.58. The van der Waals surface area contributed by atoms with E-state index >= 15 is 0 Å². The lowest BCUT2D eigenvalue weighted by Gasteiger charge is -2.34. The molecule has 3 aromatic carbocycles. The van der Waals surface area contributed by atoms with E-state index in [-0.39, 0.29) is 5.91 Å². The Balaban J connectivity index is 1.61. The molecule has 1 atom stereocenters. The molecule has 0 unspecified atom stereocenters. The molecule has 0 aliphatic carbocycles. The van der Waals surface area contributed by atoms with Gasteiger partial charge in [0.05, 0.1) is 28.9 Å². The molecular weight excluding hydrogens is 364 g/mol. The Bertz CT molecular complexity index is 1310. The first kappa shape index (κ1) is 16.1. The van der Waals surface area contributed by atoms with Crippen molar-refractivity contribution in [1.29, 1.82) is 0 Å². The van der Waals surface area contributed by atoms with Gasteiger partial charge in [0.2, 0.25) is 0 Å². The Kier molecular flexibility index (Phi) is 3.10. The number of ether oxygens (including phenoxy) is 1. The predicted octanol–water partition coefficient (Wildman–Crippen LogP) is 4.06. The maximum absolute atomic E-state index is 13.9. The number of benzene rings is 3. The van der Waals surface area contributed by atoms with E-state index in [1.165, 1.54) is 0 Å². The van der Waals surface area contributed by atoms with Crippen LogP contribution in [0.5, 0.6) is 0 Å². The van der Waals surface area contributed by atoms with Gasteiger partial charge in [-0.15, -0.1) is 0 Å². The third kappa shape index (κ3) is 1.99. The molecule has 2 aliphatic rings. The molecule has 5 heteroatoms. The van der Waals surface area contributed by atoms with E-state index in [1.807, 2.05) is 83.6 Å². The maximum Gasteiger partial charge on any atom is 0.343 e. The number of rotatable bonds is 2. The van der Waals surface area contributed by atoms with E-state index in [4.69, 9.17) is 4.74 Å². The summed E-state index contributed by atoms with van der Waals surface area (Å²) in [4.78, 5) is 28.5. The highest BCUT2D eigenvalue weighted by molar-refractivity contribution is 6.13. The van der Waals surface area contributed by atoms with Crippen LogP contribution < -0.4 is 4.90 Å². The first-order chi connectivity index (χ1) is 14.2. The third-order valence-corrected chi connectivity index (χ3v) is 5.79. The smallest absolute Gasteiger partial charge is 0.343 e. The maximum atomic E-state index is 13.9. The molecule has 0 N–H and O–H groups in total. The minimum atomic E-state index is -1.52. The van der Waals surface area contributed by atoms with Gasteiger partial charge in [-0.1, -0.05) is 60.7 Å². The number of amides is 1. The van der Waals surface area contributed by atoms with E-state index in [0.717, 1.165) is 22.2 Å². The largest absolute Gasteiger partial charge is 0.420 e. The summed E-state index contributed by atoms with van der Waals surface area (Å²) in [6, 6.07) is 24.8. The van der Waals surface area contributed by atoms with Crippen LogP contribution >= 0.6 is 0 Å². The minimum absolute atomic E-state index is 0.261. The molecule has 0 bridgehead atoms. The van der Waals surface area contributed by atoms with Gasteiger partial charge >= 0.3 is 5.97 Å². The van der Waals surface area contributed by atoms with Gasteiger partial charge in [0, 0.05) is 11.6 Å². The van der Waals surface area contributed by atoms with Crippen LogP contribution in [0.25, 0.3) is 10.9 Å². The molecule has 0 radical (unpaired) electrons. The average Bonchev–Trinajstić information content (AvgIpc) is 3.28. The third-order valence-electron chi connectivity index (χ3n) is 5.79. The molecule has 140 valence electrons. The summed E-state index contributed by atoms with van der Waals surface area (Å²) in [7, 11) is 0. The van der Waals surface area contributed by atoms with Crippen molar-refractivity contribution < 1.29 is 14.3 Å². The van der Waals surface area contributed by atoms with Crippen molar-refractivity contribution in [2.75, 3.05) is 4.90 Å². The van der Waals surface area contributed by atoms with Crippen LogP contribution in [0.15, 0.2) is 85.1 Å². The summed E-state index contributed by atoms with van der Waals surface area (Å²) in [6.45, 7) is 0.405. The first-order valence-corrected chi connectivity index (χ1v) is 9.49. The Morgan fingerprint density at radius 2 is 1.62 bits per heavy atom. The topological polar surface area (TPSA) is 51.5 Å². The van der Waals surface area contributed by atoms with Gasteiger partial charge in [0.25, 0.3) is 11.6 Å². The molecule has 2 aliphatic heterocycles. The zero-order chi connectivity index (χ0) is 19.6. The fraction of sp³-hybridized carbons (Fsp3) is 0.0833. The second-order valence-electron chi connectivity index (χ2n) is 7.36. The van der Waals surface area contributed by atoms with Crippen molar-refractivity contribution >= 4 is 28.5 Å². The fourth-order valence-electron chi connectivity index (χ4n) is 4.52. The second-order valence-corrected chi connectivity index (χ2v) is 7.36. The van der Waals surface area contributed by atoms with Gasteiger partial charge in [-0.2, -0.15) is 0 Å². The number of hydrogen-bond acceptors (Lipinski definition) is 3. The Labute approximate surface area is 166 Å². The lowest BCUT2D eigenvalue weighted by Crippen LogP contribution is -2.50. The van der Waals surface area contributed by atoms with Crippen LogP contribution in [-0.4, -0.2) is 16.4 Å². The van der Waals surface area contributed by atoms with Crippen LogP contribution in [0.1, 0.15) is 21.5 Å². The summed E-state index contributed by atoms with van der Waals surface area (Å²) in [5.41, 5.74) is 2.14. The van der Waals surface area contributed by atoms with Gasteiger partial charge in [-0.05, 0) is 23.8 Å². The Morgan fingerprint density at radius 1 is 0.828 bits per heavy atom. The SMILES string of the molecule is O=C1O[C@]2(C(=O)N(Cc3ccccc3)c3ccccc32)n2ccc3cccc1c32. The monoisotopic (exact) mass is 380 g/mol. The summed E-state index contributed by atoms with van der Waals surface area (Å²) in [6.07, 6.45) is 1.83. The summed E-state index contributed by atoms with van der Waals surface area (Å²) >= 11 is 0. The number of fused-ring (bicyclic) bond motifs is 3. The van der Waals surface area contributed by atoms with Crippen LogP contribution in [-0.2, 0) is 21.8 Å². The van der Waals surface area contributed by atoms with Crippen molar-refractivity contribution in [3.63, 3.8) is 0 Å². The number of carbonyl (C=O) groups excluding carboxylic acids is 2. The highest BCUT2D eigenvalue weighted by Crippen LogP contribution is 2.48. The average molecular weight is 380 g/mol. The molecule has 29 heavy (non-hydrogen) atoms. The zero-order valence-corrected chi connectivity index (χ0v) is 15.4. The summed E-state index contributed by atoms with van der Waals surface area (Å²) < 4.78 is 7.76. The molecule has 4 aromatic rings. The Morgan fingerprint density at radius 3 is 2.48 bits per heavy atom. The van der Waals surface area contributed by atoms with E-state index in [9.17, 15) is 9.59 Å². The van der Waals surface area contributed by atoms with Crippen LogP contribution in [0.2, 0.25) is 0 Å². The van der Waals surface area contributed by atoms with E-state index < -0.39 is 11.7 Å². The molecule has 0 saturated carbocycles. The minimum Gasteiger partial charge on any atom is -0.420 e. The summed E-state index contributed by atoms with van der Waals surface area (Å²) in [5, 5.41) is 0.908. The van der Waals surface area contributed by atoms with Crippen molar-refractivity contribution in [3.05, 3.63) is 102 Å². The molecular formula is C24H16N2O3. The number of anilines is 1. The molecule has 0 fully saturated rings. The van der Waals surface area contributed by atoms with Crippen molar-refractivity contribution in [2.24, 2.45) is 0 Å². The number of nitrogens with zero attached hydrogens (tertiary/aromatic N) is 2. The highest BCUT2D eigenvalue weighted by Gasteiger charge is 2.58. The highest BCUT2D eigenvalue weighted by atomic mass is 16.6. The van der Waals surface area contributed by atoms with Gasteiger partial charge in [-0.3, -0.25) is 9.36 Å². The number of hydrogen-bond donors (Lipinski definition) is 0. The lowest BCUT2D eigenvalue weighted by molar-refractivity contribution is -0.141. The molecule has 1 amide bonds. The molecule has 1 spiro atoms. The normalized spacial score (nSPS) is 19.7. The Hall–Kier alpha value is -3.86. The molecule has 5 nitrogen and oxygen atoms in total. The van der Waals surface area contributed by atoms with Crippen molar-refractivity contribution in [3.8, 4) is 0 Å². The predicted molar refractivity (Wildman–Crippen MR) is 109 cm³/mol. The van der Waals surface area contributed by atoms with Crippen LogP contribution in [0.3, 0.4) is 0 Å². The number of carbonyl (C=O) groups is 2. The quantitative estimate of drug-likeness (QED) is 0.493. The van der Waals surface area contributed by atoms with Gasteiger partial charge < -0.3 is 9.64 Å². The molecule has 1 aromatic heterocycles. The fourth-order valence-corrected chi connectivity index (χ4v) is 4.52. The number of para-hydroxylation sites is 2. The standard InChI is InChI=1S/C24H16N2O3/c27-22-18-10-6-9-17-13-14-26(21(17)18)24(29-22)19-11-4-5-12-20(19)25(23(24)28)15-16-7-2-1-3-8-16/h1-14H,15H2/t24-/m1/s1.